The molecule has 32 heavy (non-hydrogen) atoms. The lowest BCUT2D eigenvalue weighted by atomic mass is 10.0. The largest absolute Gasteiger partial charge is 0.325 e. The zero-order valence-corrected chi connectivity index (χ0v) is 18.8. The highest BCUT2D eigenvalue weighted by molar-refractivity contribution is 7.99. The molecule has 3 aromatic heterocycles. The third-order valence-electron chi connectivity index (χ3n) is 5.46. The molecule has 0 unspecified atom stereocenters. The maximum atomic E-state index is 12.3. The van der Waals surface area contributed by atoms with Gasteiger partial charge in [-0.15, -0.1) is 10.2 Å². The lowest BCUT2D eigenvalue weighted by Crippen LogP contribution is -2.14. The first-order chi connectivity index (χ1) is 15.5. The van der Waals surface area contributed by atoms with Crippen molar-refractivity contribution in [1.29, 1.82) is 0 Å². The molecule has 8 heteroatoms. The number of amides is 1. The second-order valence-corrected chi connectivity index (χ2v) is 8.78. The number of anilines is 1. The fourth-order valence-electron chi connectivity index (χ4n) is 3.50. The molecule has 5 aromatic rings. The fourth-order valence-corrected chi connectivity index (χ4v) is 4.21. The zero-order valence-electron chi connectivity index (χ0n) is 18.0. The number of carbonyl (C=O) groups is 1. The second-order valence-electron chi connectivity index (χ2n) is 7.84. The highest BCUT2D eigenvalue weighted by Gasteiger charge is 2.14. The summed E-state index contributed by atoms with van der Waals surface area (Å²) in [5, 5.41) is 16.9. The number of carbonyl (C=O) groups excluding carboxylic acids is 1. The van der Waals surface area contributed by atoms with Gasteiger partial charge in [0.05, 0.1) is 11.4 Å². The maximum Gasteiger partial charge on any atom is 0.234 e. The molecule has 0 aliphatic carbocycles. The van der Waals surface area contributed by atoms with E-state index in [1.807, 2.05) is 58.6 Å². The summed E-state index contributed by atoms with van der Waals surface area (Å²) < 4.78 is 3.71. The topological polar surface area (TPSA) is 76.6 Å². The Morgan fingerprint density at radius 3 is 2.56 bits per heavy atom. The molecule has 160 valence electrons. The molecule has 0 aliphatic rings. The first kappa shape index (κ1) is 20.3. The van der Waals surface area contributed by atoms with Gasteiger partial charge in [-0.25, -0.2) is 4.52 Å². The monoisotopic (exact) mass is 442 g/mol. The molecule has 0 fully saturated rings. The minimum atomic E-state index is -0.0851. The molecule has 0 saturated carbocycles. The van der Waals surface area contributed by atoms with Crippen LogP contribution in [-0.2, 0) is 4.79 Å². The molecule has 0 atom stereocenters. The average molecular weight is 443 g/mol. The molecule has 5 rings (SSSR count). The number of aryl methyl sites for hydroxylation is 3. The Balaban J connectivity index is 1.37. The van der Waals surface area contributed by atoms with Crippen LogP contribution in [0.4, 0.5) is 5.69 Å². The van der Waals surface area contributed by atoms with Gasteiger partial charge in [-0.3, -0.25) is 9.20 Å². The summed E-state index contributed by atoms with van der Waals surface area (Å²) in [5.41, 5.74) is 7.94. The van der Waals surface area contributed by atoms with Crippen molar-refractivity contribution in [2.24, 2.45) is 0 Å². The van der Waals surface area contributed by atoms with E-state index in [1.165, 1.54) is 22.9 Å². The molecule has 0 aliphatic heterocycles. The Hall–Kier alpha value is -3.65. The third-order valence-corrected chi connectivity index (χ3v) is 6.40. The summed E-state index contributed by atoms with van der Waals surface area (Å²) in [6, 6.07) is 16.1. The number of nitrogens with one attached hydrogen (secondary N) is 1. The Morgan fingerprint density at radius 1 is 0.969 bits per heavy atom. The Kier molecular flexibility index (Phi) is 5.14. The van der Waals surface area contributed by atoms with Crippen molar-refractivity contribution in [1.82, 2.24) is 24.2 Å². The first-order valence-electron chi connectivity index (χ1n) is 10.3. The minimum absolute atomic E-state index is 0.0851. The number of fused-ring (bicyclic) bond motifs is 3. The Bertz CT molecular complexity index is 1450. The number of hydrogen-bond donors (Lipinski definition) is 1. The van der Waals surface area contributed by atoms with E-state index < -0.39 is 0 Å². The van der Waals surface area contributed by atoms with Gasteiger partial charge in [0.1, 0.15) is 5.52 Å². The average Bonchev–Trinajstić information content (AvgIpc) is 3.39. The summed E-state index contributed by atoms with van der Waals surface area (Å²) in [5.74, 6) is 0.158. The van der Waals surface area contributed by atoms with Gasteiger partial charge < -0.3 is 5.32 Å². The molecular weight excluding hydrogens is 420 g/mol. The normalized spacial score (nSPS) is 11.3. The van der Waals surface area contributed by atoms with Crippen LogP contribution in [0.25, 0.3) is 22.4 Å². The Labute approximate surface area is 189 Å². The summed E-state index contributed by atoms with van der Waals surface area (Å²) in [6.07, 6.45) is 3.76. The van der Waals surface area contributed by atoms with Crippen LogP contribution in [0.2, 0.25) is 0 Å². The van der Waals surface area contributed by atoms with Gasteiger partial charge in [0.15, 0.2) is 10.8 Å². The fraction of sp³-hybridized carbons (Fsp3) is 0.167. The van der Waals surface area contributed by atoms with E-state index in [9.17, 15) is 4.79 Å². The van der Waals surface area contributed by atoms with Crippen LogP contribution in [0, 0.1) is 20.8 Å². The van der Waals surface area contributed by atoms with Gasteiger partial charge in [0.2, 0.25) is 5.91 Å². The number of rotatable bonds is 5. The molecule has 0 saturated heterocycles. The van der Waals surface area contributed by atoms with Crippen LogP contribution in [0.15, 0.2) is 66.1 Å². The van der Waals surface area contributed by atoms with Gasteiger partial charge >= 0.3 is 0 Å². The van der Waals surface area contributed by atoms with E-state index in [0.717, 1.165) is 28.0 Å². The summed E-state index contributed by atoms with van der Waals surface area (Å²) in [4.78, 5) is 12.3. The van der Waals surface area contributed by atoms with Crippen LogP contribution in [-0.4, -0.2) is 35.9 Å². The number of nitrogens with zero attached hydrogens (tertiary/aromatic N) is 5. The van der Waals surface area contributed by atoms with Crippen molar-refractivity contribution in [3.05, 3.63) is 77.6 Å². The second kappa shape index (κ2) is 8.12. The molecule has 0 spiro atoms. The molecular formula is C24H22N6OS. The molecule has 3 heterocycles. The summed E-state index contributed by atoms with van der Waals surface area (Å²) >= 11 is 1.35. The van der Waals surface area contributed by atoms with E-state index in [2.05, 4.69) is 47.6 Å². The van der Waals surface area contributed by atoms with E-state index in [1.54, 1.807) is 0 Å². The number of hydrogen-bond acceptors (Lipinski definition) is 5. The van der Waals surface area contributed by atoms with Crippen molar-refractivity contribution in [3.8, 4) is 11.3 Å². The van der Waals surface area contributed by atoms with Crippen molar-refractivity contribution >= 4 is 34.5 Å². The molecule has 0 radical (unpaired) electrons. The predicted octanol–water partition coefficient (Wildman–Crippen LogP) is 4.70. The number of thioether (sulfide) groups is 1. The van der Waals surface area contributed by atoms with Crippen molar-refractivity contribution in [2.75, 3.05) is 11.1 Å². The van der Waals surface area contributed by atoms with Crippen LogP contribution in [0.3, 0.4) is 0 Å². The highest BCUT2D eigenvalue weighted by atomic mass is 32.2. The summed E-state index contributed by atoms with van der Waals surface area (Å²) in [7, 11) is 0. The van der Waals surface area contributed by atoms with Gasteiger partial charge in [-0.1, -0.05) is 41.6 Å². The van der Waals surface area contributed by atoms with E-state index in [-0.39, 0.29) is 11.7 Å². The predicted molar refractivity (Wildman–Crippen MR) is 127 cm³/mol. The standard InChI is InChI=1S/C24H22N6OS/c1-15-4-8-19(9-5-15)25-22(31)14-32-24-27-26-23-21-13-20(28-30(21)11-10-29(23)24)18-7-6-16(2)17(3)12-18/h4-13H,14H2,1-3H3,(H,25,31). The maximum absolute atomic E-state index is 12.3. The van der Waals surface area contributed by atoms with E-state index in [4.69, 9.17) is 5.10 Å². The van der Waals surface area contributed by atoms with Gasteiger partial charge in [-0.2, -0.15) is 5.10 Å². The lowest BCUT2D eigenvalue weighted by Gasteiger charge is -2.05. The zero-order chi connectivity index (χ0) is 22.2. The first-order valence-corrected chi connectivity index (χ1v) is 11.3. The van der Waals surface area contributed by atoms with E-state index >= 15 is 0 Å². The molecule has 1 N–H and O–H groups in total. The van der Waals surface area contributed by atoms with E-state index in [0.29, 0.717) is 10.8 Å². The molecule has 1 amide bonds. The Morgan fingerprint density at radius 2 is 1.78 bits per heavy atom. The highest BCUT2D eigenvalue weighted by Crippen LogP contribution is 2.25. The van der Waals surface area contributed by atoms with Crippen LogP contribution in [0.1, 0.15) is 16.7 Å². The van der Waals surface area contributed by atoms with Gasteiger partial charge in [0, 0.05) is 23.6 Å². The van der Waals surface area contributed by atoms with Gasteiger partial charge in [-0.05, 0) is 56.2 Å². The van der Waals surface area contributed by atoms with Crippen LogP contribution < -0.4 is 5.32 Å². The smallest absolute Gasteiger partial charge is 0.234 e. The minimum Gasteiger partial charge on any atom is -0.325 e. The van der Waals surface area contributed by atoms with Crippen LogP contribution in [0.5, 0.6) is 0 Å². The van der Waals surface area contributed by atoms with Crippen LogP contribution >= 0.6 is 11.8 Å². The summed E-state index contributed by atoms with van der Waals surface area (Å²) in [6.45, 7) is 6.22. The molecule has 2 aromatic carbocycles. The quantitative estimate of drug-likeness (QED) is 0.399. The SMILES string of the molecule is Cc1ccc(NC(=O)CSc2nnc3c4cc(-c5ccc(C)c(C)c5)nn4ccn23)cc1. The number of benzene rings is 2. The third kappa shape index (κ3) is 3.85. The lowest BCUT2D eigenvalue weighted by molar-refractivity contribution is -0.113. The number of aromatic nitrogens is 5. The van der Waals surface area contributed by atoms with Crippen molar-refractivity contribution in [3.63, 3.8) is 0 Å². The van der Waals surface area contributed by atoms with Crippen molar-refractivity contribution < 1.29 is 4.79 Å². The molecule has 0 bridgehead atoms. The molecule has 7 nitrogen and oxygen atoms in total. The van der Waals surface area contributed by atoms with Gasteiger partial charge in [0.25, 0.3) is 0 Å². The van der Waals surface area contributed by atoms with Crippen molar-refractivity contribution in [2.45, 2.75) is 25.9 Å².